The van der Waals surface area contributed by atoms with Crippen LogP contribution in [-0.4, -0.2) is 10.8 Å². The minimum atomic E-state index is -0.449. The van der Waals surface area contributed by atoms with E-state index < -0.39 is 4.92 Å². The zero-order valence-corrected chi connectivity index (χ0v) is 15.7. The first kappa shape index (κ1) is 19.0. The van der Waals surface area contributed by atoms with Crippen molar-refractivity contribution < 1.29 is 9.72 Å². The highest BCUT2D eigenvalue weighted by Gasteiger charge is 2.15. The molecule has 5 nitrogen and oxygen atoms in total. The first-order valence-electron chi connectivity index (χ1n) is 8.85. The van der Waals surface area contributed by atoms with Crippen LogP contribution in [0.2, 0.25) is 0 Å². The largest absolute Gasteiger partial charge is 0.322 e. The van der Waals surface area contributed by atoms with Gasteiger partial charge in [0, 0.05) is 23.4 Å². The minimum absolute atomic E-state index is 0.0175. The van der Waals surface area contributed by atoms with Gasteiger partial charge in [0.25, 0.3) is 11.6 Å². The molecule has 3 rings (SSSR count). The molecule has 28 heavy (non-hydrogen) atoms. The lowest BCUT2D eigenvalue weighted by Crippen LogP contribution is -2.14. The molecule has 0 saturated carbocycles. The summed E-state index contributed by atoms with van der Waals surface area (Å²) in [4.78, 5) is 23.7. The summed E-state index contributed by atoms with van der Waals surface area (Å²) in [5.74, 6) is -0.272. The summed E-state index contributed by atoms with van der Waals surface area (Å²) in [6.07, 6.45) is 1.67. The van der Waals surface area contributed by atoms with E-state index >= 15 is 0 Å². The molecule has 3 aromatic carbocycles. The maximum absolute atomic E-state index is 13.1. The van der Waals surface area contributed by atoms with Gasteiger partial charge in [-0.3, -0.25) is 14.9 Å². The van der Waals surface area contributed by atoms with Gasteiger partial charge >= 0.3 is 0 Å². The van der Waals surface area contributed by atoms with Gasteiger partial charge in [-0.1, -0.05) is 54.6 Å². The third-order valence-corrected chi connectivity index (χ3v) is 4.57. The Morgan fingerprint density at radius 3 is 2.39 bits per heavy atom. The van der Waals surface area contributed by atoms with Gasteiger partial charge in [-0.05, 0) is 48.2 Å². The van der Waals surface area contributed by atoms with Crippen molar-refractivity contribution in [3.05, 3.63) is 105 Å². The predicted molar refractivity (Wildman–Crippen MR) is 112 cm³/mol. The number of non-ortho nitro benzene ring substituents is 1. The normalized spacial score (nSPS) is 11.1. The average molecular weight is 372 g/mol. The van der Waals surface area contributed by atoms with Crippen LogP contribution < -0.4 is 5.32 Å². The number of aryl methyl sites for hydroxylation is 1. The van der Waals surface area contributed by atoms with Gasteiger partial charge in [-0.15, -0.1) is 0 Å². The second kappa shape index (κ2) is 8.31. The lowest BCUT2D eigenvalue weighted by molar-refractivity contribution is -0.384. The number of nitro benzene ring substituents is 1. The number of nitrogens with zero attached hydrogens (tertiary/aromatic N) is 1. The number of carbonyl (C=O) groups excluding carboxylic acids is 1. The van der Waals surface area contributed by atoms with Gasteiger partial charge in [0.2, 0.25) is 0 Å². The molecule has 0 fully saturated rings. The monoisotopic (exact) mass is 372 g/mol. The summed E-state index contributed by atoms with van der Waals surface area (Å²) < 4.78 is 0. The van der Waals surface area contributed by atoms with E-state index in [0.717, 1.165) is 22.4 Å². The lowest BCUT2D eigenvalue weighted by Gasteiger charge is -2.13. The number of anilines is 1. The molecular weight excluding hydrogens is 352 g/mol. The smallest absolute Gasteiger partial charge is 0.270 e. The Bertz CT molecular complexity index is 1060. The zero-order valence-electron chi connectivity index (χ0n) is 15.7. The van der Waals surface area contributed by atoms with Gasteiger partial charge < -0.3 is 5.32 Å². The summed E-state index contributed by atoms with van der Waals surface area (Å²) in [7, 11) is 0. The zero-order chi connectivity index (χ0) is 20.1. The van der Waals surface area contributed by atoms with Gasteiger partial charge in [0.1, 0.15) is 0 Å². The van der Waals surface area contributed by atoms with Gasteiger partial charge in [-0.2, -0.15) is 0 Å². The average Bonchev–Trinajstić information content (AvgIpc) is 2.70. The van der Waals surface area contributed by atoms with E-state index in [1.165, 1.54) is 12.1 Å². The van der Waals surface area contributed by atoms with Crippen LogP contribution in [0.5, 0.6) is 0 Å². The Labute approximate surface area is 163 Å². The topological polar surface area (TPSA) is 72.2 Å². The van der Waals surface area contributed by atoms with Crippen molar-refractivity contribution in [3.8, 4) is 0 Å². The molecule has 3 aromatic rings. The van der Waals surface area contributed by atoms with Crippen LogP contribution in [0.3, 0.4) is 0 Å². The van der Waals surface area contributed by atoms with Gasteiger partial charge in [-0.25, -0.2) is 0 Å². The Balaban J connectivity index is 2.02. The molecule has 0 bridgehead atoms. The number of benzene rings is 3. The Morgan fingerprint density at radius 1 is 0.964 bits per heavy atom. The molecule has 0 aliphatic rings. The number of amides is 1. The molecule has 0 radical (unpaired) electrons. The fourth-order valence-corrected chi connectivity index (χ4v) is 2.87. The highest BCUT2D eigenvalue weighted by atomic mass is 16.6. The van der Waals surface area contributed by atoms with E-state index in [1.807, 2.05) is 62.4 Å². The SMILES string of the molecule is Cc1cccc(NC(=O)/C(=C/c2cccc([N+](=O)[O-])c2)c2ccccc2)c1C. The van der Waals surface area contributed by atoms with Crippen molar-refractivity contribution in [1.82, 2.24) is 0 Å². The molecule has 0 aliphatic carbocycles. The van der Waals surface area contributed by atoms with Crippen LogP contribution in [0.1, 0.15) is 22.3 Å². The standard InChI is InChI=1S/C23H20N2O3/c1-16-8-6-13-22(17(16)2)24-23(26)21(19-10-4-3-5-11-19)15-18-9-7-12-20(14-18)25(27)28/h3-15H,1-2H3,(H,24,26)/b21-15+. The third kappa shape index (κ3) is 4.32. The maximum atomic E-state index is 13.1. The van der Waals surface area contributed by atoms with Crippen LogP contribution in [0.25, 0.3) is 11.6 Å². The van der Waals surface area contributed by atoms with Crippen molar-refractivity contribution in [2.45, 2.75) is 13.8 Å². The quantitative estimate of drug-likeness (QED) is 0.282. The number of hydrogen-bond donors (Lipinski definition) is 1. The molecule has 1 N–H and O–H groups in total. The van der Waals surface area contributed by atoms with Crippen LogP contribution in [-0.2, 0) is 4.79 Å². The summed E-state index contributed by atoms with van der Waals surface area (Å²) in [5.41, 5.74) is 4.56. The number of nitro groups is 1. The highest BCUT2D eigenvalue weighted by Crippen LogP contribution is 2.24. The summed E-state index contributed by atoms with van der Waals surface area (Å²) >= 11 is 0. The van der Waals surface area contributed by atoms with E-state index in [-0.39, 0.29) is 11.6 Å². The number of hydrogen-bond acceptors (Lipinski definition) is 3. The number of rotatable bonds is 5. The molecule has 0 aromatic heterocycles. The molecule has 0 spiro atoms. The van der Waals surface area contributed by atoms with Crippen molar-refractivity contribution in [3.63, 3.8) is 0 Å². The second-order valence-corrected chi connectivity index (χ2v) is 6.48. The fourth-order valence-electron chi connectivity index (χ4n) is 2.87. The molecule has 0 saturated heterocycles. The predicted octanol–water partition coefficient (Wildman–Crippen LogP) is 5.39. The molecule has 140 valence electrons. The van der Waals surface area contributed by atoms with Crippen molar-refractivity contribution in [1.29, 1.82) is 0 Å². The van der Waals surface area contributed by atoms with E-state index in [1.54, 1.807) is 18.2 Å². The molecule has 0 heterocycles. The van der Waals surface area contributed by atoms with Crippen molar-refractivity contribution >= 4 is 28.9 Å². The Hall–Kier alpha value is -3.73. The number of carbonyl (C=O) groups is 1. The molecule has 1 amide bonds. The highest BCUT2D eigenvalue weighted by molar-refractivity contribution is 6.29. The minimum Gasteiger partial charge on any atom is -0.322 e. The molecule has 0 unspecified atom stereocenters. The van der Waals surface area contributed by atoms with E-state index in [2.05, 4.69) is 5.32 Å². The third-order valence-electron chi connectivity index (χ3n) is 4.57. The second-order valence-electron chi connectivity index (χ2n) is 6.48. The summed E-state index contributed by atoms with van der Waals surface area (Å²) in [6, 6.07) is 21.2. The Morgan fingerprint density at radius 2 is 1.68 bits per heavy atom. The van der Waals surface area contributed by atoms with E-state index in [0.29, 0.717) is 11.1 Å². The van der Waals surface area contributed by atoms with Crippen molar-refractivity contribution in [2.24, 2.45) is 0 Å². The van der Waals surface area contributed by atoms with Gasteiger partial charge in [0.15, 0.2) is 0 Å². The van der Waals surface area contributed by atoms with E-state index in [4.69, 9.17) is 0 Å². The fraction of sp³-hybridized carbons (Fsp3) is 0.0870. The maximum Gasteiger partial charge on any atom is 0.270 e. The van der Waals surface area contributed by atoms with Gasteiger partial charge in [0.05, 0.1) is 4.92 Å². The lowest BCUT2D eigenvalue weighted by atomic mass is 10.0. The molecular formula is C23H20N2O3. The van der Waals surface area contributed by atoms with Crippen LogP contribution in [0.4, 0.5) is 11.4 Å². The first-order valence-corrected chi connectivity index (χ1v) is 8.85. The van der Waals surface area contributed by atoms with Crippen LogP contribution in [0.15, 0.2) is 72.8 Å². The molecule has 5 heteroatoms. The number of nitrogens with one attached hydrogen (secondary N) is 1. The molecule has 0 aliphatic heterocycles. The Kier molecular flexibility index (Phi) is 5.65. The summed E-state index contributed by atoms with van der Waals surface area (Å²) in [6.45, 7) is 3.94. The van der Waals surface area contributed by atoms with E-state index in [9.17, 15) is 14.9 Å². The molecule has 0 atom stereocenters. The first-order chi connectivity index (χ1) is 13.5. The van der Waals surface area contributed by atoms with Crippen LogP contribution in [0, 0.1) is 24.0 Å². The van der Waals surface area contributed by atoms with Crippen LogP contribution >= 0.6 is 0 Å². The summed E-state index contributed by atoms with van der Waals surface area (Å²) in [5, 5.41) is 14.0. The van der Waals surface area contributed by atoms with Crippen molar-refractivity contribution in [2.75, 3.05) is 5.32 Å².